The molecular formula is C14H24O3Si2. The Hall–Kier alpha value is -1.08. The third-order valence-corrected chi connectivity index (χ3v) is 3.83. The van der Waals surface area contributed by atoms with Gasteiger partial charge in [-0.3, -0.25) is 4.79 Å². The Morgan fingerprint density at radius 1 is 0.842 bits per heavy atom. The first-order valence-electron chi connectivity index (χ1n) is 6.50. The Kier molecular flexibility index (Phi) is 4.63. The molecule has 5 heteroatoms. The van der Waals surface area contributed by atoms with Gasteiger partial charge in [-0.2, -0.15) is 0 Å². The van der Waals surface area contributed by atoms with Crippen molar-refractivity contribution in [3.63, 3.8) is 0 Å². The maximum Gasteiger partial charge on any atom is 0.242 e. The second kappa shape index (κ2) is 5.50. The standard InChI is InChI=1S/C14H24O3Si2/c1-11(15)12-8-13(16-18(2,3)4)10-14(9-12)17-19(5,6)7/h8-10H,1-7H3. The van der Waals surface area contributed by atoms with Crippen LogP contribution in [0.5, 0.6) is 11.5 Å². The minimum atomic E-state index is -1.69. The van der Waals surface area contributed by atoms with Crippen LogP contribution in [0.4, 0.5) is 0 Å². The molecule has 0 saturated heterocycles. The molecule has 0 aliphatic rings. The van der Waals surface area contributed by atoms with Gasteiger partial charge in [-0.05, 0) is 58.3 Å². The summed E-state index contributed by atoms with van der Waals surface area (Å²) in [5.41, 5.74) is 0.643. The number of rotatable bonds is 5. The van der Waals surface area contributed by atoms with Gasteiger partial charge in [0.25, 0.3) is 0 Å². The minimum absolute atomic E-state index is 0.0291. The predicted octanol–water partition coefficient (Wildman–Crippen LogP) is 4.32. The molecule has 0 amide bonds. The second-order valence-corrected chi connectivity index (χ2v) is 15.5. The molecule has 0 saturated carbocycles. The Labute approximate surface area is 118 Å². The van der Waals surface area contributed by atoms with Crippen molar-refractivity contribution < 1.29 is 13.6 Å². The zero-order chi connectivity index (χ0) is 14.8. The van der Waals surface area contributed by atoms with Crippen LogP contribution in [0.25, 0.3) is 0 Å². The molecule has 0 fully saturated rings. The summed E-state index contributed by atoms with van der Waals surface area (Å²) in [5.74, 6) is 1.50. The maximum atomic E-state index is 11.6. The fourth-order valence-electron chi connectivity index (χ4n) is 1.60. The van der Waals surface area contributed by atoms with Crippen LogP contribution >= 0.6 is 0 Å². The highest BCUT2D eigenvalue weighted by Gasteiger charge is 2.20. The largest absolute Gasteiger partial charge is 0.544 e. The molecule has 0 heterocycles. The third-order valence-electron chi connectivity index (χ3n) is 2.13. The quantitative estimate of drug-likeness (QED) is 0.600. The normalized spacial score (nSPS) is 12.2. The number of Topliss-reactive ketones (excluding diaryl/α,β-unsaturated/α-hetero) is 1. The van der Waals surface area contributed by atoms with Gasteiger partial charge in [0, 0.05) is 11.6 Å². The van der Waals surface area contributed by atoms with E-state index in [-0.39, 0.29) is 5.78 Å². The van der Waals surface area contributed by atoms with Gasteiger partial charge in [0.15, 0.2) is 5.78 Å². The highest BCUT2D eigenvalue weighted by Crippen LogP contribution is 2.27. The van der Waals surface area contributed by atoms with Crippen molar-refractivity contribution in [3.8, 4) is 11.5 Å². The summed E-state index contributed by atoms with van der Waals surface area (Å²) >= 11 is 0. The molecule has 1 aromatic carbocycles. The van der Waals surface area contributed by atoms with Crippen LogP contribution in [-0.2, 0) is 0 Å². The van der Waals surface area contributed by atoms with Crippen LogP contribution in [0.2, 0.25) is 39.3 Å². The van der Waals surface area contributed by atoms with E-state index in [0.29, 0.717) is 5.56 Å². The molecule has 0 aliphatic heterocycles. The number of carbonyl (C=O) groups excluding carboxylic acids is 1. The van der Waals surface area contributed by atoms with Gasteiger partial charge in [-0.1, -0.05) is 0 Å². The van der Waals surface area contributed by atoms with Crippen LogP contribution in [0.15, 0.2) is 18.2 Å². The minimum Gasteiger partial charge on any atom is -0.544 e. The van der Waals surface area contributed by atoms with Crippen LogP contribution < -0.4 is 8.85 Å². The average molecular weight is 297 g/mol. The summed E-state index contributed by atoms with van der Waals surface area (Å²) in [7, 11) is -3.39. The van der Waals surface area contributed by atoms with Crippen LogP contribution in [0, 0.1) is 0 Å². The van der Waals surface area contributed by atoms with Crippen LogP contribution in [0.1, 0.15) is 17.3 Å². The highest BCUT2D eigenvalue weighted by atomic mass is 28.4. The highest BCUT2D eigenvalue weighted by molar-refractivity contribution is 6.70. The summed E-state index contributed by atoms with van der Waals surface area (Å²) in [6, 6.07) is 5.50. The van der Waals surface area contributed by atoms with Gasteiger partial charge < -0.3 is 8.85 Å². The van der Waals surface area contributed by atoms with Gasteiger partial charge in [0.2, 0.25) is 16.6 Å². The molecule has 1 rings (SSSR count). The SMILES string of the molecule is CC(=O)c1cc(O[Si](C)(C)C)cc(O[Si](C)(C)C)c1. The summed E-state index contributed by atoms with van der Waals surface area (Å²) in [6.45, 7) is 14.3. The number of benzene rings is 1. The fourth-order valence-corrected chi connectivity index (χ4v) is 3.25. The smallest absolute Gasteiger partial charge is 0.242 e. The van der Waals surface area contributed by atoms with E-state index in [4.69, 9.17) is 8.85 Å². The number of ketones is 1. The van der Waals surface area contributed by atoms with Crippen LogP contribution in [-0.4, -0.2) is 22.4 Å². The van der Waals surface area contributed by atoms with Crippen molar-refractivity contribution in [2.75, 3.05) is 0 Å². The van der Waals surface area contributed by atoms with E-state index in [1.54, 1.807) is 19.1 Å². The predicted molar refractivity (Wildman–Crippen MR) is 84.4 cm³/mol. The molecule has 0 aliphatic carbocycles. The van der Waals surface area contributed by atoms with Gasteiger partial charge in [0.1, 0.15) is 11.5 Å². The topological polar surface area (TPSA) is 35.5 Å². The number of hydrogen-bond acceptors (Lipinski definition) is 3. The van der Waals surface area contributed by atoms with Gasteiger partial charge in [-0.25, -0.2) is 0 Å². The van der Waals surface area contributed by atoms with Crippen molar-refractivity contribution in [3.05, 3.63) is 23.8 Å². The molecule has 0 atom stereocenters. The summed E-state index contributed by atoms with van der Waals surface area (Å²) in [6.07, 6.45) is 0. The summed E-state index contributed by atoms with van der Waals surface area (Å²) in [5, 5.41) is 0. The van der Waals surface area contributed by atoms with E-state index in [1.807, 2.05) is 6.07 Å². The molecule has 3 nitrogen and oxygen atoms in total. The summed E-state index contributed by atoms with van der Waals surface area (Å²) < 4.78 is 11.9. The molecule has 0 unspecified atom stereocenters. The van der Waals surface area contributed by atoms with E-state index in [2.05, 4.69) is 39.3 Å². The van der Waals surface area contributed by atoms with Crippen molar-refractivity contribution in [2.45, 2.75) is 46.2 Å². The van der Waals surface area contributed by atoms with Crippen molar-refractivity contribution in [1.29, 1.82) is 0 Å². The first-order valence-corrected chi connectivity index (χ1v) is 13.3. The molecule has 106 valence electrons. The van der Waals surface area contributed by atoms with Gasteiger partial charge in [-0.15, -0.1) is 0 Å². The molecule has 0 spiro atoms. The molecule has 0 aromatic heterocycles. The number of carbonyl (C=O) groups is 1. The zero-order valence-corrected chi connectivity index (χ0v) is 15.0. The van der Waals surface area contributed by atoms with E-state index < -0.39 is 16.6 Å². The third kappa shape index (κ3) is 6.07. The monoisotopic (exact) mass is 296 g/mol. The maximum absolute atomic E-state index is 11.6. The summed E-state index contributed by atoms with van der Waals surface area (Å²) in [4.78, 5) is 11.6. The fraction of sp³-hybridized carbons (Fsp3) is 0.500. The second-order valence-electron chi connectivity index (χ2n) is 6.68. The molecule has 0 radical (unpaired) electrons. The van der Waals surface area contributed by atoms with E-state index in [0.717, 1.165) is 11.5 Å². The van der Waals surface area contributed by atoms with Crippen molar-refractivity contribution in [1.82, 2.24) is 0 Å². The zero-order valence-electron chi connectivity index (χ0n) is 13.0. The van der Waals surface area contributed by atoms with Crippen LogP contribution in [0.3, 0.4) is 0 Å². The number of hydrogen-bond donors (Lipinski definition) is 0. The molecule has 0 N–H and O–H groups in total. The van der Waals surface area contributed by atoms with E-state index in [1.165, 1.54) is 0 Å². The van der Waals surface area contributed by atoms with Crippen molar-refractivity contribution in [2.24, 2.45) is 0 Å². The Morgan fingerprint density at radius 2 is 1.21 bits per heavy atom. The van der Waals surface area contributed by atoms with E-state index in [9.17, 15) is 4.79 Å². The van der Waals surface area contributed by atoms with Gasteiger partial charge in [0.05, 0.1) is 0 Å². The Morgan fingerprint density at radius 3 is 1.47 bits per heavy atom. The lowest BCUT2D eigenvalue weighted by atomic mass is 10.1. The lowest BCUT2D eigenvalue weighted by Crippen LogP contribution is -2.30. The average Bonchev–Trinajstić information content (AvgIpc) is 2.10. The van der Waals surface area contributed by atoms with Crippen molar-refractivity contribution >= 4 is 22.4 Å². The molecular weight excluding hydrogens is 272 g/mol. The first-order chi connectivity index (χ1) is 8.46. The molecule has 0 bridgehead atoms. The molecule has 19 heavy (non-hydrogen) atoms. The molecule has 1 aromatic rings. The van der Waals surface area contributed by atoms with Gasteiger partial charge >= 0.3 is 0 Å². The lowest BCUT2D eigenvalue weighted by molar-refractivity contribution is 0.101. The lowest BCUT2D eigenvalue weighted by Gasteiger charge is -2.23. The van der Waals surface area contributed by atoms with E-state index >= 15 is 0 Å². The Bertz CT molecular complexity index is 436. The Balaban J connectivity index is 3.14. The first kappa shape index (κ1) is 16.0.